The van der Waals surface area contributed by atoms with Crippen LogP contribution in [0.25, 0.3) is 0 Å². The third-order valence-electron chi connectivity index (χ3n) is 2.55. The van der Waals surface area contributed by atoms with Crippen molar-refractivity contribution in [1.29, 1.82) is 0 Å². The van der Waals surface area contributed by atoms with Crippen molar-refractivity contribution in [2.75, 3.05) is 0 Å². The molecule has 0 saturated heterocycles. The SMILES string of the molecule is CCc1cnc(CNS(=O)(=O)c2ccc(Br)cc2Br)o1. The predicted molar refractivity (Wildman–Crippen MR) is 81.7 cm³/mol. The maximum absolute atomic E-state index is 12.2. The Kier molecular flexibility index (Phi) is 5.00. The first-order valence-electron chi connectivity index (χ1n) is 5.80. The fourth-order valence-electron chi connectivity index (χ4n) is 1.52. The van der Waals surface area contributed by atoms with Gasteiger partial charge in [-0.15, -0.1) is 0 Å². The van der Waals surface area contributed by atoms with Crippen molar-refractivity contribution >= 4 is 41.9 Å². The third kappa shape index (κ3) is 3.69. The number of benzene rings is 1. The van der Waals surface area contributed by atoms with Crippen LogP contribution in [0.1, 0.15) is 18.6 Å². The molecule has 0 aliphatic heterocycles. The summed E-state index contributed by atoms with van der Waals surface area (Å²) in [6, 6.07) is 4.86. The molecule has 8 heteroatoms. The Morgan fingerprint density at radius 1 is 1.35 bits per heavy atom. The van der Waals surface area contributed by atoms with E-state index >= 15 is 0 Å². The second-order valence-corrected chi connectivity index (χ2v) is 7.48. The van der Waals surface area contributed by atoms with E-state index in [1.165, 1.54) is 6.07 Å². The number of sulfonamides is 1. The molecule has 0 fully saturated rings. The second-order valence-electron chi connectivity index (χ2n) is 3.97. The fourth-order valence-corrected chi connectivity index (χ4v) is 4.24. The molecular weight excluding hydrogens is 412 g/mol. The topological polar surface area (TPSA) is 72.2 Å². The molecule has 2 aromatic rings. The lowest BCUT2D eigenvalue weighted by atomic mass is 10.4. The highest BCUT2D eigenvalue weighted by molar-refractivity contribution is 9.11. The molecule has 0 unspecified atom stereocenters. The van der Waals surface area contributed by atoms with Crippen LogP contribution in [0.5, 0.6) is 0 Å². The summed E-state index contributed by atoms with van der Waals surface area (Å²) in [6.07, 6.45) is 2.32. The largest absolute Gasteiger partial charge is 0.444 e. The molecule has 0 radical (unpaired) electrons. The van der Waals surface area contributed by atoms with E-state index < -0.39 is 10.0 Å². The molecular formula is C12H12Br2N2O3S. The summed E-state index contributed by atoms with van der Waals surface area (Å²) in [4.78, 5) is 4.18. The van der Waals surface area contributed by atoms with Crippen molar-refractivity contribution in [3.05, 3.63) is 45.0 Å². The molecule has 20 heavy (non-hydrogen) atoms. The van der Waals surface area contributed by atoms with Crippen molar-refractivity contribution in [3.8, 4) is 0 Å². The Morgan fingerprint density at radius 2 is 2.10 bits per heavy atom. The van der Waals surface area contributed by atoms with Gasteiger partial charge in [-0.05, 0) is 34.1 Å². The van der Waals surface area contributed by atoms with E-state index in [1.807, 2.05) is 6.92 Å². The molecule has 108 valence electrons. The van der Waals surface area contributed by atoms with Crippen molar-refractivity contribution in [2.24, 2.45) is 0 Å². The average molecular weight is 424 g/mol. The maximum Gasteiger partial charge on any atom is 0.242 e. The molecule has 0 saturated carbocycles. The van der Waals surface area contributed by atoms with Crippen molar-refractivity contribution in [1.82, 2.24) is 9.71 Å². The van der Waals surface area contributed by atoms with Gasteiger partial charge in [-0.25, -0.2) is 18.1 Å². The van der Waals surface area contributed by atoms with Crippen molar-refractivity contribution in [3.63, 3.8) is 0 Å². The highest BCUT2D eigenvalue weighted by atomic mass is 79.9. The van der Waals surface area contributed by atoms with Gasteiger partial charge in [0.05, 0.1) is 17.6 Å². The van der Waals surface area contributed by atoms with Crippen molar-refractivity contribution in [2.45, 2.75) is 24.8 Å². The number of hydrogen-bond acceptors (Lipinski definition) is 4. The molecule has 0 aliphatic rings. The van der Waals surface area contributed by atoms with Crippen LogP contribution in [0, 0.1) is 0 Å². The van der Waals surface area contributed by atoms with Gasteiger partial charge in [-0.2, -0.15) is 0 Å². The van der Waals surface area contributed by atoms with Crippen LogP contribution in [0.2, 0.25) is 0 Å². The minimum Gasteiger partial charge on any atom is -0.444 e. The summed E-state index contributed by atoms with van der Waals surface area (Å²) < 4.78 is 33.5. The number of hydrogen-bond donors (Lipinski definition) is 1. The van der Waals surface area contributed by atoms with E-state index in [0.29, 0.717) is 10.4 Å². The Morgan fingerprint density at radius 3 is 2.70 bits per heavy atom. The number of halogens is 2. The Balaban J connectivity index is 2.14. The number of aromatic nitrogens is 1. The molecule has 0 bridgehead atoms. The summed E-state index contributed by atoms with van der Waals surface area (Å²) in [5.74, 6) is 1.07. The number of aryl methyl sites for hydroxylation is 1. The van der Waals surface area contributed by atoms with Crippen LogP contribution in [0.4, 0.5) is 0 Å². The van der Waals surface area contributed by atoms with E-state index in [1.54, 1.807) is 18.3 Å². The Bertz CT molecular complexity index is 713. The lowest BCUT2D eigenvalue weighted by molar-refractivity contribution is 0.452. The molecule has 2 rings (SSSR count). The highest BCUT2D eigenvalue weighted by Gasteiger charge is 2.18. The molecule has 0 aliphatic carbocycles. The monoisotopic (exact) mass is 422 g/mol. The summed E-state index contributed by atoms with van der Waals surface area (Å²) in [6.45, 7) is 1.96. The smallest absolute Gasteiger partial charge is 0.242 e. The summed E-state index contributed by atoms with van der Waals surface area (Å²) in [7, 11) is -3.62. The highest BCUT2D eigenvalue weighted by Crippen LogP contribution is 2.25. The van der Waals surface area contributed by atoms with Gasteiger partial charge < -0.3 is 4.42 Å². The summed E-state index contributed by atoms with van der Waals surface area (Å²) >= 11 is 6.52. The van der Waals surface area contributed by atoms with Crippen LogP contribution in [-0.2, 0) is 23.0 Å². The second kappa shape index (κ2) is 6.38. The molecule has 5 nitrogen and oxygen atoms in total. The van der Waals surface area contributed by atoms with Gasteiger partial charge in [-0.1, -0.05) is 22.9 Å². The zero-order valence-electron chi connectivity index (χ0n) is 10.6. The van der Waals surface area contributed by atoms with Gasteiger partial charge in [0.2, 0.25) is 15.9 Å². The van der Waals surface area contributed by atoms with Crippen LogP contribution in [0.15, 0.2) is 42.7 Å². The predicted octanol–water partition coefficient (Wildman–Crippen LogP) is 3.24. The first-order chi connectivity index (χ1) is 9.42. The summed E-state index contributed by atoms with van der Waals surface area (Å²) in [5.41, 5.74) is 0. The van der Waals surface area contributed by atoms with Gasteiger partial charge >= 0.3 is 0 Å². The average Bonchev–Trinajstić information content (AvgIpc) is 2.84. The van der Waals surface area contributed by atoms with Gasteiger partial charge in [0.1, 0.15) is 5.76 Å². The van der Waals surface area contributed by atoms with Crippen LogP contribution >= 0.6 is 31.9 Å². The van der Waals surface area contributed by atoms with E-state index in [-0.39, 0.29) is 11.4 Å². The maximum atomic E-state index is 12.2. The van der Waals surface area contributed by atoms with E-state index in [9.17, 15) is 8.42 Å². The van der Waals surface area contributed by atoms with Gasteiger partial charge in [-0.3, -0.25) is 0 Å². The van der Waals surface area contributed by atoms with Gasteiger partial charge in [0.25, 0.3) is 0 Å². The number of nitrogens with one attached hydrogen (secondary N) is 1. The van der Waals surface area contributed by atoms with E-state index in [2.05, 4.69) is 41.6 Å². The lowest BCUT2D eigenvalue weighted by Gasteiger charge is -2.07. The van der Waals surface area contributed by atoms with E-state index in [4.69, 9.17) is 4.42 Å². The van der Waals surface area contributed by atoms with Crippen LogP contribution in [0.3, 0.4) is 0 Å². The molecule has 0 atom stereocenters. The van der Waals surface area contributed by atoms with Gasteiger partial charge in [0, 0.05) is 15.4 Å². The van der Waals surface area contributed by atoms with E-state index in [0.717, 1.165) is 16.7 Å². The van der Waals surface area contributed by atoms with Crippen LogP contribution < -0.4 is 4.72 Å². The zero-order chi connectivity index (χ0) is 14.8. The quantitative estimate of drug-likeness (QED) is 0.801. The standard InChI is InChI=1S/C12H12Br2N2O3S/c1-2-9-6-15-12(19-9)7-16-20(17,18)11-4-3-8(13)5-10(11)14/h3-6,16H,2,7H2,1H3. The molecule has 1 heterocycles. The summed E-state index contributed by atoms with van der Waals surface area (Å²) in [5, 5.41) is 0. The first kappa shape index (κ1) is 15.7. The molecule has 1 N–H and O–H groups in total. The van der Waals surface area contributed by atoms with Crippen molar-refractivity contribution < 1.29 is 12.8 Å². The molecule has 1 aromatic heterocycles. The lowest BCUT2D eigenvalue weighted by Crippen LogP contribution is -2.23. The number of oxazole rings is 1. The normalized spacial score (nSPS) is 11.8. The molecule has 0 spiro atoms. The first-order valence-corrected chi connectivity index (χ1v) is 8.87. The molecule has 0 amide bonds. The fraction of sp³-hybridized carbons (Fsp3) is 0.250. The Hall–Kier alpha value is -0.700. The third-order valence-corrected chi connectivity index (χ3v) is 5.42. The number of rotatable bonds is 5. The van der Waals surface area contributed by atoms with Crippen LogP contribution in [-0.4, -0.2) is 13.4 Å². The number of nitrogens with zero attached hydrogens (tertiary/aromatic N) is 1. The Labute approximate surface area is 134 Å². The van der Waals surface area contributed by atoms with Gasteiger partial charge in [0.15, 0.2) is 0 Å². The minimum absolute atomic E-state index is 0.0187. The minimum atomic E-state index is -3.62. The zero-order valence-corrected chi connectivity index (χ0v) is 14.5. The molecule has 1 aromatic carbocycles.